The van der Waals surface area contributed by atoms with E-state index in [2.05, 4.69) is 6.58 Å². The summed E-state index contributed by atoms with van der Waals surface area (Å²) >= 11 is 11.5. The Bertz CT molecular complexity index is 157. The van der Waals surface area contributed by atoms with Gasteiger partial charge in [-0.3, -0.25) is 0 Å². The monoisotopic (exact) mass is 190 g/mol. The zero-order valence-corrected chi connectivity index (χ0v) is 8.54. The van der Waals surface area contributed by atoms with Crippen LogP contribution in [0.4, 0.5) is 0 Å². The molecule has 0 aromatic heterocycles. The van der Waals surface area contributed by atoms with Gasteiger partial charge in [0.2, 0.25) is 0 Å². The summed E-state index contributed by atoms with van der Waals surface area (Å²) in [6.45, 7) is 7.69. The van der Waals surface area contributed by atoms with Gasteiger partial charge in [0.15, 0.2) is 0 Å². The minimum absolute atomic E-state index is 0.361. The van der Waals surface area contributed by atoms with E-state index < -0.39 is 0 Å². The number of hydrogen-bond donors (Lipinski definition) is 0. The summed E-state index contributed by atoms with van der Waals surface area (Å²) in [5.74, 6) is 0. The molecule has 0 saturated carbocycles. The van der Waals surface area contributed by atoms with Crippen LogP contribution in [0, 0.1) is 0 Å². The van der Waals surface area contributed by atoms with E-state index in [1.54, 1.807) is 0 Å². The Kier molecular flexibility index (Phi) is 5.80. The van der Waals surface area contributed by atoms with E-state index >= 15 is 0 Å². The van der Waals surface area contributed by atoms with Crippen LogP contribution in [-0.4, -0.2) is 5.54 Å². The molecule has 0 rings (SSSR count). The minimum Gasteiger partial charge on any atom is -0.165 e. The van der Waals surface area contributed by atoms with Gasteiger partial charge in [-0.15, -0.1) is 6.58 Å². The lowest BCUT2D eigenvalue weighted by molar-refractivity contribution is 1.01. The topological polar surface area (TPSA) is 0 Å². The number of rotatable bonds is 4. The van der Waals surface area contributed by atoms with Crippen LogP contribution in [0.15, 0.2) is 23.7 Å². The first kappa shape index (κ1) is 11.1. The van der Waals surface area contributed by atoms with Crippen LogP contribution in [0.5, 0.6) is 0 Å². The zero-order chi connectivity index (χ0) is 8.85. The molecule has 3 heteroatoms. The van der Waals surface area contributed by atoms with Gasteiger partial charge in [0.25, 0.3) is 0 Å². The Labute approximate surface area is 79.2 Å². The quantitative estimate of drug-likeness (QED) is 0.468. The molecule has 0 saturated heterocycles. The summed E-state index contributed by atoms with van der Waals surface area (Å²) in [6, 6.07) is 0. The van der Waals surface area contributed by atoms with Crippen molar-refractivity contribution in [1.29, 1.82) is 0 Å². The fraction of sp³-hybridized carbons (Fsp3) is 0.500. The fourth-order valence-electron chi connectivity index (χ4n) is 0.835. The summed E-state index contributed by atoms with van der Waals surface area (Å²) < 4.78 is 0. The molecule has 0 aliphatic carbocycles. The molecule has 0 heterocycles. The molecule has 0 fully saturated rings. The Balaban J connectivity index is 4.13. The number of hydrogen-bond acceptors (Lipinski definition) is 0. The first-order chi connectivity index (χ1) is 5.09. The van der Waals surface area contributed by atoms with Crippen LogP contribution < -0.4 is 0 Å². The predicted octanol–water partition coefficient (Wildman–Crippen LogP) is 3.79. The lowest BCUT2D eigenvalue weighted by atomic mass is 9.85. The average molecular weight is 191 g/mol. The molecule has 0 nitrogen and oxygen atoms in total. The summed E-state index contributed by atoms with van der Waals surface area (Å²) in [5, 5.41) is 0. The maximum Gasteiger partial charge on any atom is 0.378 e. The standard InChI is InChI=1S/C8H13BCl2/c1-4-5-6-8(7(2)3)9(10)11/h4H,1,5-6H2,2-3H3. The minimum atomic E-state index is -0.361. The second-order valence-electron chi connectivity index (χ2n) is 2.65. The van der Waals surface area contributed by atoms with E-state index in [9.17, 15) is 0 Å². The first-order valence-electron chi connectivity index (χ1n) is 3.65. The molecular formula is C8H13BCl2. The van der Waals surface area contributed by atoms with Crippen LogP contribution in [0.3, 0.4) is 0 Å². The predicted molar refractivity (Wildman–Crippen MR) is 55.3 cm³/mol. The highest BCUT2D eigenvalue weighted by atomic mass is 35.5. The van der Waals surface area contributed by atoms with Gasteiger partial charge in [0.1, 0.15) is 0 Å². The first-order valence-corrected chi connectivity index (χ1v) is 4.52. The molecular weight excluding hydrogens is 178 g/mol. The molecule has 0 aliphatic rings. The normalized spacial score (nSPS) is 9.09. The second-order valence-corrected chi connectivity index (χ2v) is 3.75. The molecule has 0 N–H and O–H groups in total. The third-order valence-corrected chi connectivity index (χ3v) is 2.05. The summed E-state index contributed by atoms with van der Waals surface area (Å²) in [7, 11) is 0. The Morgan fingerprint density at radius 2 is 2.00 bits per heavy atom. The molecule has 0 unspecified atom stereocenters. The van der Waals surface area contributed by atoms with Crippen molar-refractivity contribution in [3.8, 4) is 0 Å². The van der Waals surface area contributed by atoms with Crippen molar-refractivity contribution < 1.29 is 0 Å². The molecule has 0 bridgehead atoms. The van der Waals surface area contributed by atoms with Crippen molar-refractivity contribution >= 4 is 28.5 Å². The zero-order valence-electron chi connectivity index (χ0n) is 7.03. The van der Waals surface area contributed by atoms with Crippen molar-refractivity contribution in [2.24, 2.45) is 0 Å². The Morgan fingerprint density at radius 1 is 1.45 bits per heavy atom. The van der Waals surface area contributed by atoms with Gasteiger partial charge in [-0.25, -0.2) is 0 Å². The highest BCUT2D eigenvalue weighted by Crippen LogP contribution is 2.19. The smallest absolute Gasteiger partial charge is 0.165 e. The van der Waals surface area contributed by atoms with E-state index in [0.29, 0.717) is 0 Å². The SMILES string of the molecule is C=CCCC(B(Cl)Cl)=C(C)C. The van der Waals surface area contributed by atoms with Gasteiger partial charge < -0.3 is 0 Å². The van der Waals surface area contributed by atoms with Gasteiger partial charge in [-0.05, 0) is 26.7 Å². The van der Waals surface area contributed by atoms with E-state index in [1.807, 2.05) is 19.9 Å². The summed E-state index contributed by atoms with van der Waals surface area (Å²) in [6.07, 6.45) is 3.74. The van der Waals surface area contributed by atoms with E-state index in [0.717, 1.165) is 18.3 Å². The molecule has 0 spiro atoms. The van der Waals surface area contributed by atoms with Crippen molar-refractivity contribution in [1.82, 2.24) is 0 Å². The van der Waals surface area contributed by atoms with Gasteiger partial charge in [0, 0.05) is 0 Å². The summed E-state index contributed by atoms with van der Waals surface area (Å²) in [4.78, 5) is 0. The van der Waals surface area contributed by atoms with Crippen LogP contribution in [-0.2, 0) is 0 Å². The lowest BCUT2D eigenvalue weighted by Crippen LogP contribution is -2.01. The van der Waals surface area contributed by atoms with Crippen molar-refractivity contribution in [3.05, 3.63) is 23.7 Å². The third kappa shape index (κ3) is 4.55. The van der Waals surface area contributed by atoms with Gasteiger partial charge in [-0.2, -0.15) is 22.9 Å². The molecule has 0 atom stereocenters. The number of halogens is 2. The molecule has 0 aromatic carbocycles. The Morgan fingerprint density at radius 3 is 2.27 bits per heavy atom. The van der Waals surface area contributed by atoms with Gasteiger partial charge in [-0.1, -0.05) is 17.1 Å². The fourth-order valence-corrected chi connectivity index (χ4v) is 1.49. The van der Waals surface area contributed by atoms with Gasteiger partial charge in [0.05, 0.1) is 0 Å². The third-order valence-electron chi connectivity index (χ3n) is 1.52. The molecule has 62 valence electrons. The highest BCUT2D eigenvalue weighted by molar-refractivity contribution is 7.37. The van der Waals surface area contributed by atoms with Crippen LogP contribution in [0.25, 0.3) is 0 Å². The molecule has 0 aliphatic heterocycles. The maximum atomic E-state index is 5.75. The van der Waals surface area contributed by atoms with Crippen LogP contribution in [0.1, 0.15) is 26.7 Å². The molecule has 0 radical (unpaired) electrons. The Hall–Kier alpha value is 0.125. The molecule has 0 aromatic rings. The van der Waals surface area contributed by atoms with E-state index in [4.69, 9.17) is 22.9 Å². The van der Waals surface area contributed by atoms with E-state index in [-0.39, 0.29) is 5.54 Å². The lowest BCUT2D eigenvalue weighted by Gasteiger charge is -2.06. The van der Waals surface area contributed by atoms with Crippen molar-refractivity contribution in [2.45, 2.75) is 26.7 Å². The largest absolute Gasteiger partial charge is 0.378 e. The second kappa shape index (κ2) is 5.73. The average Bonchev–Trinajstić information content (AvgIpc) is 1.87. The maximum absolute atomic E-state index is 5.75. The summed E-state index contributed by atoms with van der Waals surface area (Å²) in [5.41, 5.74) is 1.97. The van der Waals surface area contributed by atoms with Crippen molar-refractivity contribution in [2.75, 3.05) is 0 Å². The van der Waals surface area contributed by atoms with Crippen LogP contribution in [0.2, 0.25) is 0 Å². The van der Waals surface area contributed by atoms with E-state index in [1.165, 1.54) is 5.57 Å². The molecule has 0 amide bonds. The number of allylic oxidation sites excluding steroid dienone is 3. The van der Waals surface area contributed by atoms with Gasteiger partial charge >= 0.3 is 5.54 Å². The highest BCUT2D eigenvalue weighted by Gasteiger charge is 2.13. The van der Waals surface area contributed by atoms with Crippen LogP contribution >= 0.6 is 22.9 Å². The van der Waals surface area contributed by atoms with Crippen molar-refractivity contribution in [3.63, 3.8) is 0 Å². The molecule has 11 heavy (non-hydrogen) atoms.